The number of carbonyl (C=O) groups excluding carboxylic acids is 1. The lowest BCUT2D eigenvalue weighted by Gasteiger charge is -2.12. The van der Waals surface area contributed by atoms with Gasteiger partial charge in [0.1, 0.15) is 18.7 Å². The van der Waals surface area contributed by atoms with E-state index in [2.05, 4.69) is 15.4 Å². The minimum atomic E-state index is -0.397. The minimum absolute atomic E-state index is 0.117. The van der Waals surface area contributed by atoms with Gasteiger partial charge >= 0.3 is 0 Å². The maximum atomic E-state index is 12.0. The van der Waals surface area contributed by atoms with Crippen molar-refractivity contribution >= 4 is 5.91 Å². The normalized spacial score (nSPS) is 14.1. The fourth-order valence-electron chi connectivity index (χ4n) is 1.93. The molecule has 0 radical (unpaired) electrons. The van der Waals surface area contributed by atoms with Crippen LogP contribution in [0.15, 0.2) is 30.9 Å². The van der Waals surface area contributed by atoms with E-state index in [9.17, 15) is 4.79 Å². The molecule has 0 saturated heterocycles. The Hall–Kier alpha value is -2.57. The molecule has 1 amide bonds. The molecule has 0 unspecified atom stereocenters. The minimum Gasteiger partial charge on any atom is -0.454 e. The molecule has 7 heteroatoms. The van der Waals surface area contributed by atoms with Crippen molar-refractivity contribution in [1.29, 1.82) is 0 Å². The van der Waals surface area contributed by atoms with Gasteiger partial charge in [0, 0.05) is 6.54 Å². The smallest absolute Gasteiger partial charge is 0.244 e. The lowest BCUT2D eigenvalue weighted by molar-refractivity contribution is -0.124. The summed E-state index contributed by atoms with van der Waals surface area (Å²) in [6.07, 6.45) is 2.92. The predicted octanol–water partition coefficient (Wildman–Crippen LogP) is 0.884. The SMILES string of the molecule is C[C@@H](C(=O)NCc1ccc2c(c1)OCO2)n1cncn1. The molecule has 3 rings (SSSR count). The Morgan fingerprint density at radius 2 is 2.30 bits per heavy atom. The van der Waals surface area contributed by atoms with E-state index in [1.807, 2.05) is 18.2 Å². The largest absolute Gasteiger partial charge is 0.454 e. The van der Waals surface area contributed by atoms with E-state index in [1.54, 1.807) is 6.92 Å². The average molecular weight is 274 g/mol. The molecule has 0 bridgehead atoms. The first-order valence-electron chi connectivity index (χ1n) is 6.24. The molecule has 2 heterocycles. The van der Waals surface area contributed by atoms with Crippen molar-refractivity contribution < 1.29 is 14.3 Å². The van der Waals surface area contributed by atoms with Gasteiger partial charge in [-0.1, -0.05) is 6.07 Å². The highest BCUT2D eigenvalue weighted by Gasteiger charge is 2.16. The Kier molecular flexibility index (Phi) is 3.24. The van der Waals surface area contributed by atoms with Crippen molar-refractivity contribution in [2.24, 2.45) is 0 Å². The lowest BCUT2D eigenvalue weighted by Crippen LogP contribution is -2.30. The third-order valence-corrected chi connectivity index (χ3v) is 3.12. The number of hydrogen-bond acceptors (Lipinski definition) is 5. The molecule has 0 saturated carbocycles. The molecule has 1 N–H and O–H groups in total. The molecule has 1 aromatic heterocycles. The van der Waals surface area contributed by atoms with Crippen LogP contribution in [0.3, 0.4) is 0 Å². The van der Waals surface area contributed by atoms with E-state index in [0.717, 1.165) is 11.3 Å². The van der Waals surface area contributed by atoms with Gasteiger partial charge < -0.3 is 14.8 Å². The Morgan fingerprint density at radius 1 is 1.45 bits per heavy atom. The first-order chi connectivity index (χ1) is 9.74. The van der Waals surface area contributed by atoms with Gasteiger partial charge in [-0.25, -0.2) is 9.67 Å². The summed E-state index contributed by atoms with van der Waals surface area (Å²) >= 11 is 0. The van der Waals surface area contributed by atoms with E-state index >= 15 is 0 Å². The van der Waals surface area contributed by atoms with E-state index in [-0.39, 0.29) is 12.7 Å². The molecular weight excluding hydrogens is 260 g/mol. The second kappa shape index (κ2) is 5.20. The average Bonchev–Trinajstić information content (AvgIpc) is 3.13. The van der Waals surface area contributed by atoms with Crippen molar-refractivity contribution in [3.05, 3.63) is 36.4 Å². The number of nitrogens with one attached hydrogen (secondary N) is 1. The zero-order valence-electron chi connectivity index (χ0n) is 10.9. The monoisotopic (exact) mass is 274 g/mol. The standard InChI is InChI=1S/C13H14N4O3/c1-9(17-7-14-6-16-17)13(18)15-5-10-2-3-11-12(4-10)20-8-19-11/h2-4,6-7,9H,5,8H2,1H3,(H,15,18)/t9-/m0/s1. The maximum absolute atomic E-state index is 12.0. The number of fused-ring (bicyclic) bond motifs is 1. The third kappa shape index (κ3) is 2.42. The van der Waals surface area contributed by atoms with Gasteiger partial charge in [-0.15, -0.1) is 0 Å². The number of amides is 1. The third-order valence-electron chi connectivity index (χ3n) is 3.12. The number of nitrogens with zero attached hydrogens (tertiary/aromatic N) is 3. The number of benzene rings is 1. The van der Waals surface area contributed by atoms with Gasteiger partial charge in [0.2, 0.25) is 12.7 Å². The lowest BCUT2D eigenvalue weighted by atomic mass is 10.2. The van der Waals surface area contributed by atoms with Crippen LogP contribution in [0.2, 0.25) is 0 Å². The summed E-state index contributed by atoms with van der Waals surface area (Å²) in [4.78, 5) is 15.8. The van der Waals surface area contributed by atoms with Crippen molar-refractivity contribution in [1.82, 2.24) is 20.1 Å². The van der Waals surface area contributed by atoms with Gasteiger partial charge in [0.05, 0.1) is 0 Å². The van der Waals surface area contributed by atoms with Gasteiger partial charge in [0.15, 0.2) is 11.5 Å². The highest BCUT2D eigenvalue weighted by Crippen LogP contribution is 2.32. The maximum Gasteiger partial charge on any atom is 0.244 e. The zero-order valence-corrected chi connectivity index (χ0v) is 10.9. The second-order valence-corrected chi connectivity index (χ2v) is 4.46. The van der Waals surface area contributed by atoms with Gasteiger partial charge in [0.25, 0.3) is 0 Å². The first-order valence-corrected chi connectivity index (χ1v) is 6.24. The van der Waals surface area contributed by atoms with Crippen LogP contribution >= 0.6 is 0 Å². The molecule has 104 valence electrons. The molecule has 20 heavy (non-hydrogen) atoms. The van der Waals surface area contributed by atoms with Gasteiger partial charge in [-0.3, -0.25) is 4.79 Å². The Morgan fingerprint density at radius 3 is 3.10 bits per heavy atom. The van der Waals surface area contributed by atoms with E-state index < -0.39 is 6.04 Å². The quantitative estimate of drug-likeness (QED) is 0.895. The van der Waals surface area contributed by atoms with Crippen LogP contribution < -0.4 is 14.8 Å². The fourth-order valence-corrected chi connectivity index (χ4v) is 1.93. The second-order valence-electron chi connectivity index (χ2n) is 4.46. The number of aromatic nitrogens is 3. The summed E-state index contributed by atoms with van der Waals surface area (Å²) in [5.74, 6) is 1.32. The van der Waals surface area contributed by atoms with Crippen LogP contribution in [0.25, 0.3) is 0 Å². The summed E-state index contributed by atoms with van der Waals surface area (Å²) in [5.41, 5.74) is 0.952. The van der Waals surface area contributed by atoms with Crippen LogP contribution in [0.1, 0.15) is 18.5 Å². The molecule has 1 aliphatic rings. The van der Waals surface area contributed by atoms with Gasteiger partial charge in [-0.05, 0) is 24.6 Å². The van der Waals surface area contributed by atoms with Crippen LogP contribution in [0, 0.1) is 0 Å². The highest BCUT2D eigenvalue weighted by atomic mass is 16.7. The van der Waals surface area contributed by atoms with E-state index in [0.29, 0.717) is 12.3 Å². The van der Waals surface area contributed by atoms with Crippen molar-refractivity contribution in [3.8, 4) is 11.5 Å². The Bertz CT molecular complexity index is 612. The van der Waals surface area contributed by atoms with E-state index in [4.69, 9.17) is 9.47 Å². The van der Waals surface area contributed by atoms with Crippen LogP contribution in [0.5, 0.6) is 11.5 Å². The fraction of sp³-hybridized carbons (Fsp3) is 0.308. The zero-order chi connectivity index (χ0) is 13.9. The van der Waals surface area contributed by atoms with Crippen LogP contribution in [-0.2, 0) is 11.3 Å². The Labute approximate surface area is 115 Å². The predicted molar refractivity (Wildman–Crippen MR) is 69.1 cm³/mol. The molecule has 7 nitrogen and oxygen atoms in total. The number of hydrogen-bond donors (Lipinski definition) is 1. The van der Waals surface area contributed by atoms with Crippen molar-refractivity contribution in [2.45, 2.75) is 19.5 Å². The van der Waals surface area contributed by atoms with Crippen molar-refractivity contribution in [2.75, 3.05) is 6.79 Å². The molecule has 0 spiro atoms. The molecule has 1 atom stereocenters. The molecule has 2 aromatic rings. The summed E-state index contributed by atoms with van der Waals surface area (Å²) in [7, 11) is 0. The molecule has 1 aromatic carbocycles. The topological polar surface area (TPSA) is 78.3 Å². The van der Waals surface area contributed by atoms with Gasteiger partial charge in [-0.2, -0.15) is 5.10 Å². The first kappa shape index (κ1) is 12.5. The van der Waals surface area contributed by atoms with Crippen LogP contribution in [0.4, 0.5) is 0 Å². The number of ether oxygens (including phenoxy) is 2. The molecule has 0 aliphatic carbocycles. The Balaban J connectivity index is 1.60. The van der Waals surface area contributed by atoms with E-state index in [1.165, 1.54) is 17.3 Å². The summed E-state index contributed by atoms with van der Waals surface area (Å²) in [6, 6.07) is 5.20. The summed E-state index contributed by atoms with van der Waals surface area (Å²) in [6.45, 7) is 2.44. The number of rotatable bonds is 4. The van der Waals surface area contributed by atoms with Crippen molar-refractivity contribution in [3.63, 3.8) is 0 Å². The summed E-state index contributed by atoms with van der Waals surface area (Å²) < 4.78 is 12.0. The molecule has 1 aliphatic heterocycles. The van der Waals surface area contributed by atoms with Crippen LogP contribution in [-0.4, -0.2) is 27.5 Å². The molecule has 0 fully saturated rings. The molecular formula is C13H14N4O3. The summed E-state index contributed by atoms with van der Waals surface area (Å²) in [5, 5.41) is 6.80. The highest BCUT2D eigenvalue weighted by molar-refractivity contribution is 5.79. The number of carbonyl (C=O) groups is 1.